The quantitative estimate of drug-likeness (QED) is 0.128. The summed E-state index contributed by atoms with van der Waals surface area (Å²) in [6.07, 6.45) is 14.8. The first-order valence-electron chi connectivity index (χ1n) is 17.6. The maximum Gasteiger partial charge on any atom is 0.400 e. The Balaban J connectivity index is 1.05. The molecular formula is C38H50F6O. The van der Waals surface area contributed by atoms with E-state index in [0.29, 0.717) is 42.7 Å². The molecule has 0 atom stereocenters. The van der Waals surface area contributed by atoms with Crippen LogP contribution in [-0.4, -0.2) is 6.11 Å². The zero-order valence-electron chi connectivity index (χ0n) is 26.8. The van der Waals surface area contributed by atoms with Crippen LogP contribution in [0, 0.1) is 46.9 Å². The van der Waals surface area contributed by atoms with Gasteiger partial charge in [-0.05, 0) is 124 Å². The molecule has 1 nitrogen and oxygen atoms in total. The zero-order chi connectivity index (χ0) is 32.0. The summed E-state index contributed by atoms with van der Waals surface area (Å²) in [4.78, 5) is 0. The fourth-order valence-corrected chi connectivity index (χ4v) is 8.61. The van der Waals surface area contributed by atoms with Gasteiger partial charge in [0.15, 0.2) is 17.5 Å². The minimum Gasteiger partial charge on any atom is -0.432 e. The smallest absolute Gasteiger partial charge is 0.400 e. The van der Waals surface area contributed by atoms with Gasteiger partial charge in [-0.25, -0.2) is 17.6 Å². The highest BCUT2D eigenvalue weighted by atomic mass is 19.3. The van der Waals surface area contributed by atoms with Crippen molar-refractivity contribution in [3.8, 4) is 5.75 Å². The Hall–Kier alpha value is -2.18. The lowest BCUT2D eigenvalue weighted by atomic mass is 9.68. The Kier molecular flexibility index (Phi) is 11.8. The topological polar surface area (TPSA) is 9.23 Å². The first kappa shape index (κ1) is 34.2. The molecule has 250 valence electrons. The van der Waals surface area contributed by atoms with Gasteiger partial charge in [0.05, 0.1) is 5.92 Å². The van der Waals surface area contributed by atoms with Crippen molar-refractivity contribution in [1.82, 2.24) is 0 Å². The van der Waals surface area contributed by atoms with Crippen LogP contribution >= 0.6 is 0 Å². The molecule has 0 radical (unpaired) electrons. The fourth-order valence-electron chi connectivity index (χ4n) is 8.61. The average Bonchev–Trinajstić information content (AvgIpc) is 3.04. The van der Waals surface area contributed by atoms with Crippen molar-refractivity contribution in [3.63, 3.8) is 0 Å². The molecule has 3 fully saturated rings. The van der Waals surface area contributed by atoms with E-state index in [9.17, 15) is 22.0 Å². The van der Waals surface area contributed by atoms with Gasteiger partial charge in [0.1, 0.15) is 11.6 Å². The van der Waals surface area contributed by atoms with Gasteiger partial charge in [0.2, 0.25) is 0 Å². The molecule has 3 saturated carbocycles. The number of rotatable bonds is 12. The number of hydrogen-bond donors (Lipinski definition) is 0. The van der Waals surface area contributed by atoms with Crippen LogP contribution in [0.3, 0.4) is 0 Å². The van der Waals surface area contributed by atoms with Crippen molar-refractivity contribution in [2.75, 3.05) is 0 Å². The molecule has 0 amide bonds. The Morgan fingerprint density at radius 2 is 1.22 bits per heavy atom. The number of ether oxygens (including phenoxy) is 1. The minimum absolute atomic E-state index is 0.0716. The molecule has 0 saturated heterocycles. The van der Waals surface area contributed by atoms with E-state index in [-0.39, 0.29) is 24.6 Å². The van der Waals surface area contributed by atoms with Crippen LogP contribution in [0.5, 0.6) is 5.75 Å². The molecular weight excluding hydrogens is 586 g/mol. The average molecular weight is 637 g/mol. The Bertz CT molecular complexity index is 1200. The van der Waals surface area contributed by atoms with Crippen molar-refractivity contribution >= 4 is 0 Å². The fraction of sp³-hybridized carbons (Fsp3) is 0.684. The minimum atomic E-state index is -3.60. The molecule has 45 heavy (non-hydrogen) atoms. The van der Waals surface area contributed by atoms with Gasteiger partial charge in [0, 0.05) is 12.1 Å². The highest BCUT2D eigenvalue weighted by Crippen LogP contribution is 2.47. The van der Waals surface area contributed by atoms with E-state index >= 15 is 4.39 Å². The van der Waals surface area contributed by atoms with E-state index in [1.165, 1.54) is 51.4 Å². The van der Waals surface area contributed by atoms with E-state index in [2.05, 4.69) is 17.7 Å². The number of alkyl halides is 2. The third kappa shape index (κ3) is 8.80. The van der Waals surface area contributed by atoms with Crippen LogP contribution in [0.1, 0.15) is 145 Å². The maximum atomic E-state index is 15.4. The third-order valence-corrected chi connectivity index (χ3v) is 11.4. The molecule has 7 heteroatoms. The molecule has 3 aliphatic rings. The molecule has 0 heterocycles. The molecule has 0 aliphatic heterocycles. The molecule has 5 rings (SSSR count). The van der Waals surface area contributed by atoms with Crippen LogP contribution in [0.2, 0.25) is 0 Å². The molecule has 0 aromatic heterocycles. The van der Waals surface area contributed by atoms with Crippen LogP contribution in [0.25, 0.3) is 0 Å². The van der Waals surface area contributed by atoms with Crippen molar-refractivity contribution in [2.45, 2.75) is 140 Å². The summed E-state index contributed by atoms with van der Waals surface area (Å²) in [5, 5.41) is 0. The van der Waals surface area contributed by atoms with Crippen LogP contribution < -0.4 is 4.74 Å². The van der Waals surface area contributed by atoms with E-state index in [1.807, 2.05) is 6.07 Å². The van der Waals surface area contributed by atoms with Crippen LogP contribution in [0.15, 0.2) is 30.3 Å². The van der Waals surface area contributed by atoms with E-state index in [4.69, 9.17) is 0 Å². The molecule has 0 bridgehead atoms. The second-order valence-corrected chi connectivity index (χ2v) is 14.3. The summed E-state index contributed by atoms with van der Waals surface area (Å²) in [5.41, 5.74) is 1.98. The standard InChI is InChI=1S/C38H50F6O/c1-2-3-4-5-6-7-25-8-10-28(11-9-25)30-18-21-33(34(39)22-30)29-14-12-26(13-15-29)27-16-19-31(20-17-27)38(43,44)45-32-23-35(40)37(42)36(41)24-32/h18,21-29,31H,2-17,19-20H2,1H3. The molecule has 2 aromatic carbocycles. The van der Waals surface area contributed by atoms with Gasteiger partial charge in [-0.1, -0.05) is 57.6 Å². The monoisotopic (exact) mass is 636 g/mol. The van der Waals surface area contributed by atoms with Gasteiger partial charge in [-0.3, -0.25) is 0 Å². The first-order valence-corrected chi connectivity index (χ1v) is 17.6. The van der Waals surface area contributed by atoms with Crippen LogP contribution in [0.4, 0.5) is 26.3 Å². The predicted octanol–water partition coefficient (Wildman–Crippen LogP) is 12.6. The number of halogens is 6. The van der Waals surface area contributed by atoms with E-state index < -0.39 is 35.2 Å². The normalized spacial score (nSPS) is 27.8. The van der Waals surface area contributed by atoms with Crippen molar-refractivity contribution in [3.05, 3.63) is 64.7 Å². The first-order chi connectivity index (χ1) is 21.6. The van der Waals surface area contributed by atoms with Crippen molar-refractivity contribution < 1.29 is 31.1 Å². The van der Waals surface area contributed by atoms with Gasteiger partial charge in [-0.15, -0.1) is 0 Å². The lowest BCUT2D eigenvalue weighted by Crippen LogP contribution is -2.38. The van der Waals surface area contributed by atoms with Crippen LogP contribution in [-0.2, 0) is 0 Å². The molecule has 3 aliphatic carbocycles. The lowest BCUT2D eigenvalue weighted by Gasteiger charge is -2.39. The second-order valence-electron chi connectivity index (χ2n) is 14.3. The lowest BCUT2D eigenvalue weighted by molar-refractivity contribution is -0.224. The highest BCUT2D eigenvalue weighted by Gasteiger charge is 2.45. The van der Waals surface area contributed by atoms with Crippen molar-refractivity contribution in [1.29, 1.82) is 0 Å². The number of hydrogen-bond acceptors (Lipinski definition) is 1. The summed E-state index contributed by atoms with van der Waals surface area (Å²) in [6.45, 7) is 2.25. The maximum absolute atomic E-state index is 15.4. The van der Waals surface area contributed by atoms with E-state index in [1.54, 1.807) is 6.07 Å². The second kappa shape index (κ2) is 15.6. The van der Waals surface area contributed by atoms with Crippen molar-refractivity contribution in [2.24, 2.45) is 23.7 Å². The van der Waals surface area contributed by atoms with Gasteiger partial charge in [-0.2, -0.15) is 8.78 Å². The molecule has 0 unspecified atom stereocenters. The summed E-state index contributed by atoms with van der Waals surface area (Å²) >= 11 is 0. The number of unbranched alkanes of at least 4 members (excludes halogenated alkanes) is 4. The molecule has 0 spiro atoms. The van der Waals surface area contributed by atoms with Gasteiger partial charge in [0.25, 0.3) is 0 Å². The Labute approximate surface area is 265 Å². The third-order valence-electron chi connectivity index (χ3n) is 11.4. The zero-order valence-corrected chi connectivity index (χ0v) is 26.8. The Morgan fingerprint density at radius 3 is 1.82 bits per heavy atom. The highest BCUT2D eigenvalue weighted by molar-refractivity contribution is 5.30. The largest absolute Gasteiger partial charge is 0.432 e. The predicted molar refractivity (Wildman–Crippen MR) is 167 cm³/mol. The molecule has 2 aromatic rings. The number of benzene rings is 2. The van der Waals surface area contributed by atoms with E-state index in [0.717, 1.165) is 55.6 Å². The summed E-state index contributed by atoms with van der Waals surface area (Å²) in [6, 6.07) is 6.90. The summed E-state index contributed by atoms with van der Waals surface area (Å²) in [5.74, 6) is -4.43. The SMILES string of the molecule is CCCCCCCC1CCC(c2ccc(C3CCC(C4CCC(C(F)(F)Oc5cc(F)c(F)c(F)c5)CC4)CC3)c(F)c2)CC1. The Morgan fingerprint density at radius 1 is 0.644 bits per heavy atom. The summed E-state index contributed by atoms with van der Waals surface area (Å²) < 4.78 is 89.9. The van der Waals surface area contributed by atoms with Gasteiger partial charge < -0.3 is 4.74 Å². The summed E-state index contributed by atoms with van der Waals surface area (Å²) in [7, 11) is 0. The molecule has 0 N–H and O–H groups in total. The van der Waals surface area contributed by atoms with Gasteiger partial charge >= 0.3 is 6.11 Å².